The van der Waals surface area contributed by atoms with Crippen molar-refractivity contribution in [2.24, 2.45) is 17.2 Å². The maximum Gasteiger partial charge on any atom is 0.507 e. The minimum Gasteiger partial charge on any atom is -0.421 e. The number of nitrogens with zero attached hydrogens (tertiary/aromatic N) is 1. The van der Waals surface area contributed by atoms with Gasteiger partial charge in [0.1, 0.15) is 6.04 Å². The zero-order valence-electron chi connectivity index (χ0n) is 22.0. The average Bonchev–Trinajstić information content (AvgIpc) is 2.91. The van der Waals surface area contributed by atoms with E-state index in [4.69, 9.17) is 17.2 Å². The number of rotatable bonds is 13. The van der Waals surface area contributed by atoms with Gasteiger partial charge in [-0.25, -0.2) is 0 Å². The number of ether oxygens (including phenoxy) is 2. The molecule has 0 bridgehead atoms. The van der Waals surface area contributed by atoms with Crippen molar-refractivity contribution in [3.8, 4) is 11.5 Å². The van der Waals surface area contributed by atoms with E-state index < -0.39 is 53.5 Å². The molecule has 15 heteroatoms. The van der Waals surface area contributed by atoms with Crippen molar-refractivity contribution >= 4 is 23.4 Å². The van der Waals surface area contributed by atoms with Gasteiger partial charge in [-0.05, 0) is 30.5 Å². The monoisotopic (exact) mass is 584 g/mol. The van der Waals surface area contributed by atoms with Gasteiger partial charge in [0.15, 0.2) is 11.5 Å². The topological polar surface area (TPSA) is 175 Å². The molecule has 0 fully saturated rings. The maximum absolute atomic E-state index is 13.6. The Bertz CT molecular complexity index is 1210. The predicted octanol–water partition coefficient (Wildman–Crippen LogP) is 1.16. The molecule has 1 heterocycles. The van der Waals surface area contributed by atoms with Gasteiger partial charge in [0.2, 0.25) is 17.7 Å². The lowest BCUT2D eigenvalue weighted by Gasteiger charge is -2.32. The lowest BCUT2D eigenvalue weighted by Crippen LogP contribution is -2.52. The van der Waals surface area contributed by atoms with Gasteiger partial charge < -0.3 is 42.2 Å². The smallest absolute Gasteiger partial charge is 0.421 e. The number of hydrogen-bond donors (Lipinski definition) is 5. The molecule has 2 atom stereocenters. The van der Waals surface area contributed by atoms with E-state index in [0.717, 1.165) is 23.8 Å². The summed E-state index contributed by atoms with van der Waals surface area (Å²) < 4.78 is 62.3. The van der Waals surface area contributed by atoms with Gasteiger partial charge >= 0.3 is 12.2 Å². The van der Waals surface area contributed by atoms with E-state index in [9.17, 15) is 31.9 Å². The third-order valence-electron chi connectivity index (χ3n) is 6.11. The van der Waals surface area contributed by atoms with Gasteiger partial charge in [0.25, 0.3) is 0 Å². The van der Waals surface area contributed by atoms with E-state index in [1.807, 2.05) is 18.2 Å². The molecule has 2 unspecified atom stereocenters. The summed E-state index contributed by atoms with van der Waals surface area (Å²) in [5.74, 6) is -3.34. The molecule has 11 nitrogen and oxygen atoms in total. The van der Waals surface area contributed by atoms with Gasteiger partial charge in [0, 0.05) is 37.9 Å². The molecule has 41 heavy (non-hydrogen) atoms. The van der Waals surface area contributed by atoms with Crippen LogP contribution < -0.4 is 37.3 Å². The molecule has 1 aliphatic heterocycles. The Labute approximate surface area is 233 Å². The number of anilines is 1. The first kappa shape index (κ1) is 31.6. The zero-order valence-corrected chi connectivity index (χ0v) is 22.0. The van der Waals surface area contributed by atoms with Crippen LogP contribution >= 0.6 is 0 Å². The second kappa shape index (κ2) is 13.6. The van der Waals surface area contributed by atoms with Gasteiger partial charge in [0.05, 0.1) is 12.5 Å². The third-order valence-corrected chi connectivity index (χ3v) is 6.11. The van der Waals surface area contributed by atoms with Crippen LogP contribution in [0.5, 0.6) is 11.5 Å². The standard InChI is InChI=1S/C26H32F4N6O5/c27-25(28)26(29,30)41-21-14-17(7-9-20(21)40-25)34-24(39)19(8-6-16-4-2-1-3-5-16)35-23(38)18(33)15-22(37)36(12-10-31)13-11-32/h1-5,7,9,14,18-19H,6,8,10-13,15,31-33H2,(H,34,39)(H,35,38). The lowest BCUT2D eigenvalue weighted by molar-refractivity contribution is -0.391. The van der Waals surface area contributed by atoms with Crippen LogP contribution in [-0.2, 0) is 20.8 Å². The Morgan fingerprint density at radius 3 is 2.10 bits per heavy atom. The summed E-state index contributed by atoms with van der Waals surface area (Å²) in [5.41, 5.74) is 17.8. The Morgan fingerprint density at radius 1 is 0.878 bits per heavy atom. The number of aryl methyl sites for hydroxylation is 1. The molecule has 1 aliphatic rings. The van der Waals surface area contributed by atoms with Gasteiger partial charge in [-0.15, -0.1) is 0 Å². The number of benzene rings is 2. The molecule has 3 rings (SSSR count). The first-order valence-corrected chi connectivity index (χ1v) is 12.7. The molecular formula is C26H32F4N6O5. The van der Waals surface area contributed by atoms with Crippen molar-refractivity contribution in [3.05, 3.63) is 54.1 Å². The van der Waals surface area contributed by atoms with Crippen LogP contribution in [0.3, 0.4) is 0 Å². The van der Waals surface area contributed by atoms with E-state index in [1.165, 1.54) is 4.90 Å². The first-order valence-electron chi connectivity index (χ1n) is 12.7. The highest BCUT2D eigenvalue weighted by atomic mass is 19.3. The Balaban J connectivity index is 1.73. The molecule has 0 saturated carbocycles. The summed E-state index contributed by atoms with van der Waals surface area (Å²) in [7, 11) is 0. The quantitative estimate of drug-likeness (QED) is 0.218. The normalized spacial score (nSPS) is 16.3. The average molecular weight is 585 g/mol. The van der Waals surface area contributed by atoms with E-state index in [2.05, 4.69) is 20.1 Å². The number of halogens is 4. The third kappa shape index (κ3) is 8.28. The van der Waals surface area contributed by atoms with Crippen LogP contribution in [0.15, 0.2) is 48.5 Å². The molecule has 0 saturated heterocycles. The highest BCUT2D eigenvalue weighted by molar-refractivity contribution is 5.98. The van der Waals surface area contributed by atoms with Crippen LogP contribution in [0, 0.1) is 0 Å². The van der Waals surface area contributed by atoms with E-state index in [1.54, 1.807) is 12.1 Å². The molecule has 0 aliphatic carbocycles. The second-order valence-electron chi connectivity index (χ2n) is 9.24. The van der Waals surface area contributed by atoms with Crippen molar-refractivity contribution in [2.75, 3.05) is 31.5 Å². The van der Waals surface area contributed by atoms with Crippen molar-refractivity contribution in [3.63, 3.8) is 0 Å². The molecule has 224 valence electrons. The number of amides is 3. The fourth-order valence-corrected chi connectivity index (χ4v) is 3.96. The van der Waals surface area contributed by atoms with E-state index >= 15 is 0 Å². The Hall–Kier alpha value is -3.95. The van der Waals surface area contributed by atoms with Gasteiger partial charge in [-0.3, -0.25) is 14.4 Å². The van der Waals surface area contributed by atoms with Crippen LogP contribution in [0.1, 0.15) is 18.4 Å². The fraction of sp³-hybridized carbons (Fsp3) is 0.423. The fourth-order valence-electron chi connectivity index (χ4n) is 3.96. The minimum atomic E-state index is -4.94. The predicted molar refractivity (Wildman–Crippen MR) is 140 cm³/mol. The molecule has 2 aromatic rings. The lowest BCUT2D eigenvalue weighted by atomic mass is 10.0. The largest absolute Gasteiger partial charge is 0.507 e. The highest BCUT2D eigenvalue weighted by Crippen LogP contribution is 2.47. The summed E-state index contributed by atoms with van der Waals surface area (Å²) >= 11 is 0. The van der Waals surface area contributed by atoms with Crippen LogP contribution in [0.2, 0.25) is 0 Å². The number of nitrogens with one attached hydrogen (secondary N) is 2. The number of fused-ring (bicyclic) bond motifs is 1. The van der Waals surface area contributed by atoms with Gasteiger partial charge in [-0.1, -0.05) is 30.3 Å². The van der Waals surface area contributed by atoms with Crippen molar-refractivity contribution in [1.29, 1.82) is 0 Å². The second-order valence-corrected chi connectivity index (χ2v) is 9.24. The Morgan fingerprint density at radius 2 is 1.49 bits per heavy atom. The zero-order chi connectivity index (χ0) is 30.2. The molecule has 0 spiro atoms. The molecule has 0 aromatic heterocycles. The van der Waals surface area contributed by atoms with Crippen LogP contribution in [-0.4, -0.2) is 73.1 Å². The van der Waals surface area contributed by atoms with Crippen molar-refractivity contribution < 1.29 is 41.4 Å². The number of hydrogen-bond acceptors (Lipinski definition) is 8. The summed E-state index contributed by atoms with van der Waals surface area (Å²) in [6.07, 6.45) is -9.73. The molecule has 3 amide bonds. The number of nitrogens with two attached hydrogens (primary N) is 3. The van der Waals surface area contributed by atoms with Crippen LogP contribution in [0.25, 0.3) is 0 Å². The number of carbonyl (C=O) groups is 3. The number of alkyl halides is 4. The van der Waals surface area contributed by atoms with E-state index in [-0.39, 0.29) is 44.7 Å². The van der Waals surface area contributed by atoms with Crippen molar-refractivity contribution in [2.45, 2.75) is 43.6 Å². The molecule has 0 radical (unpaired) electrons. The van der Waals surface area contributed by atoms with Crippen LogP contribution in [0.4, 0.5) is 23.2 Å². The van der Waals surface area contributed by atoms with Crippen molar-refractivity contribution in [1.82, 2.24) is 10.2 Å². The summed E-state index contributed by atoms with van der Waals surface area (Å²) in [6.45, 7) is 0.834. The first-order chi connectivity index (χ1) is 19.4. The number of carbonyl (C=O) groups excluding carboxylic acids is 3. The summed E-state index contributed by atoms with van der Waals surface area (Å²) in [5, 5.41) is 4.98. The summed E-state index contributed by atoms with van der Waals surface area (Å²) in [4.78, 5) is 40.0. The SMILES string of the molecule is NCCN(CCN)C(=O)CC(N)C(=O)NC(CCc1ccccc1)C(=O)Nc1ccc2c(c1)OC(F)(F)C(F)(F)O2. The van der Waals surface area contributed by atoms with E-state index in [0.29, 0.717) is 6.42 Å². The van der Waals surface area contributed by atoms with Gasteiger partial charge in [-0.2, -0.15) is 17.6 Å². The summed E-state index contributed by atoms with van der Waals surface area (Å²) in [6, 6.07) is 9.54. The maximum atomic E-state index is 13.6. The molecule has 8 N–H and O–H groups in total. The minimum absolute atomic E-state index is 0.0870. The molecular weight excluding hydrogens is 552 g/mol. The molecule has 2 aromatic carbocycles. The Kier molecular flexibility index (Phi) is 10.5. The highest BCUT2D eigenvalue weighted by Gasteiger charge is 2.65.